The van der Waals surface area contributed by atoms with Crippen molar-refractivity contribution in [2.24, 2.45) is 17.8 Å². The van der Waals surface area contributed by atoms with Crippen LogP contribution in [-0.4, -0.2) is 74.7 Å². The van der Waals surface area contributed by atoms with Gasteiger partial charge in [-0.05, 0) is 30.9 Å². The lowest BCUT2D eigenvalue weighted by molar-refractivity contribution is -0.151. The van der Waals surface area contributed by atoms with Gasteiger partial charge in [0.2, 0.25) is 5.91 Å². The third-order valence-corrected chi connectivity index (χ3v) is 8.75. The molecule has 1 unspecified atom stereocenters. The fourth-order valence-corrected chi connectivity index (χ4v) is 7.41. The number of para-hydroxylation sites is 1. The standard InChI is InChI=1S/C25H30BrClN2O6/c1-5-9-28(19-13(4)7-6-8-15(19)27)23(32)21-25-10-14(26)20(35-25)17(24(33)34)18(25)22(31)29(21)16(11-30)12(2)3/h5-8,12,14,16-18,20-21,30H,1,9-11H2,2-4H3,(H,33,34)/t14?,16-,17-,18+,20-,21-,25+/m0/s1. The Hall–Kier alpha value is -1.94. The quantitative estimate of drug-likeness (QED) is 0.368. The van der Waals surface area contributed by atoms with Crippen molar-refractivity contribution >= 4 is 51.0 Å². The van der Waals surface area contributed by atoms with E-state index in [0.717, 1.165) is 5.56 Å². The summed E-state index contributed by atoms with van der Waals surface area (Å²) in [6, 6.07) is 3.47. The van der Waals surface area contributed by atoms with Crippen LogP contribution < -0.4 is 4.90 Å². The van der Waals surface area contributed by atoms with E-state index in [1.54, 1.807) is 18.2 Å². The molecule has 3 aliphatic heterocycles. The zero-order valence-corrected chi connectivity index (χ0v) is 22.2. The molecule has 3 heterocycles. The van der Waals surface area contributed by atoms with Gasteiger partial charge in [-0.15, -0.1) is 6.58 Å². The Balaban J connectivity index is 1.90. The number of carboxylic acids is 1. The first-order valence-corrected chi connectivity index (χ1v) is 13.0. The average molecular weight is 570 g/mol. The van der Waals surface area contributed by atoms with Crippen LogP contribution in [0.4, 0.5) is 5.69 Å². The number of ether oxygens (including phenoxy) is 1. The number of aryl methyl sites for hydroxylation is 1. The van der Waals surface area contributed by atoms with Crippen molar-refractivity contribution in [1.29, 1.82) is 0 Å². The van der Waals surface area contributed by atoms with E-state index in [9.17, 15) is 24.6 Å². The van der Waals surface area contributed by atoms with Gasteiger partial charge in [-0.3, -0.25) is 14.4 Å². The van der Waals surface area contributed by atoms with Crippen LogP contribution in [0.3, 0.4) is 0 Å². The number of amides is 2. The normalized spacial score (nSPS) is 32.1. The number of hydrogen-bond acceptors (Lipinski definition) is 5. The van der Waals surface area contributed by atoms with Gasteiger partial charge in [0.25, 0.3) is 5.91 Å². The summed E-state index contributed by atoms with van der Waals surface area (Å²) < 4.78 is 6.33. The number of anilines is 1. The number of carbonyl (C=O) groups excluding carboxylic acids is 2. The second kappa shape index (κ2) is 9.50. The predicted molar refractivity (Wildman–Crippen MR) is 135 cm³/mol. The van der Waals surface area contributed by atoms with Crippen LogP contribution in [0.25, 0.3) is 0 Å². The third-order valence-electron chi connectivity index (χ3n) is 7.60. The third kappa shape index (κ3) is 3.82. The molecule has 2 bridgehead atoms. The summed E-state index contributed by atoms with van der Waals surface area (Å²) in [6.45, 7) is 9.07. The number of aliphatic carboxylic acids is 1. The second-order valence-electron chi connectivity index (χ2n) is 9.88. The zero-order chi connectivity index (χ0) is 25.8. The molecule has 0 aromatic heterocycles. The Bertz CT molecular complexity index is 1050. The summed E-state index contributed by atoms with van der Waals surface area (Å²) in [5.74, 6) is -4.37. The van der Waals surface area contributed by atoms with Crippen molar-refractivity contribution in [1.82, 2.24) is 4.90 Å². The lowest BCUT2D eigenvalue weighted by atomic mass is 9.70. The molecule has 0 radical (unpaired) electrons. The molecular formula is C25H30BrClN2O6. The molecule has 0 saturated carbocycles. The number of aliphatic hydroxyl groups excluding tert-OH is 1. The summed E-state index contributed by atoms with van der Waals surface area (Å²) in [4.78, 5) is 43.2. The minimum Gasteiger partial charge on any atom is -0.481 e. The number of alkyl halides is 1. The minimum absolute atomic E-state index is 0.123. The molecule has 0 aliphatic carbocycles. The summed E-state index contributed by atoms with van der Waals surface area (Å²) in [5.41, 5.74) is -0.0832. The van der Waals surface area contributed by atoms with E-state index in [4.69, 9.17) is 16.3 Å². The van der Waals surface area contributed by atoms with Crippen LogP contribution in [0.2, 0.25) is 5.02 Å². The van der Waals surface area contributed by atoms with Crippen molar-refractivity contribution < 1.29 is 29.3 Å². The van der Waals surface area contributed by atoms with E-state index >= 15 is 0 Å². The van der Waals surface area contributed by atoms with Gasteiger partial charge in [-0.25, -0.2) is 0 Å². The highest BCUT2D eigenvalue weighted by Crippen LogP contribution is 2.60. The number of fused-ring (bicyclic) bond motifs is 1. The maximum absolute atomic E-state index is 14.4. The molecule has 190 valence electrons. The molecule has 4 rings (SSSR count). The molecule has 1 aromatic carbocycles. The summed E-state index contributed by atoms with van der Waals surface area (Å²) in [6.07, 6.45) is 1.13. The van der Waals surface area contributed by atoms with Gasteiger partial charge in [0, 0.05) is 11.4 Å². The van der Waals surface area contributed by atoms with Crippen LogP contribution in [-0.2, 0) is 19.1 Å². The number of aliphatic hydroxyl groups is 1. The number of rotatable bonds is 8. The Labute approximate surface area is 218 Å². The molecular weight excluding hydrogens is 540 g/mol. The lowest BCUT2D eigenvalue weighted by Gasteiger charge is -2.40. The molecule has 10 heteroatoms. The van der Waals surface area contributed by atoms with Crippen LogP contribution in [0.15, 0.2) is 30.9 Å². The largest absolute Gasteiger partial charge is 0.481 e. The van der Waals surface area contributed by atoms with E-state index < -0.39 is 53.4 Å². The maximum Gasteiger partial charge on any atom is 0.310 e. The fourth-order valence-electron chi connectivity index (χ4n) is 6.14. The van der Waals surface area contributed by atoms with Crippen LogP contribution in [0.5, 0.6) is 0 Å². The second-order valence-corrected chi connectivity index (χ2v) is 11.5. The highest BCUT2D eigenvalue weighted by atomic mass is 79.9. The van der Waals surface area contributed by atoms with Crippen molar-refractivity contribution in [3.63, 3.8) is 0 Å². The zero-order valence-electron chi connectivity index (χ0n) is 19.9. The predicted octanol–water partition coefficient (Wildman–Crippen LogP) is 3.02. The molecule has 2 N–H and O–H groups in total. The van der Waals surface area contributed by atoms with Gasteiger partial charge >= 0.3 is 5.97 Å². The van der Waals surface area contributed by atoms with E-state index in [1.165, 1.54) is 9.80 Å². The van der Waals surface area contributed by atoms with Crippen molar-refractivity contribution in [3.8, 4) is 0 Å². The maximum atomic E-state index is 14.4. The summed E-state index contributed by atoms with van der Waals surface area (Å²) in [7, 11) is 0. The summed E-state index contributed by atoms with van der Waals surface area (Å²) >= 11 is 10.1. The molecule has 35 heavy (non-hydrogen) atoms. The van der Waals surface area contributed by atoms with Gasteiger partial charge in [-0.2, -0.15) is 0 Å². The van der Waals surface area contributed by atoms with Crippen molar-refractivity contribution in [2.75, 3.05) is 18.1 Å². The highest BCUT2D eigenvalue weighted by Gasteiger charge is 2.77. The fraction of sp³-hybridized carbons (Fsp3) is 0.560. The molecule has 2 amide bonds. The average Bonchev–Trinajstić information content (AvgIpc) is 3.37. The highest BCUT2D eigenvalue weighted by molar-refractivity contribution is 9.09. The van der Waals surface area contributed by atoms with E-state index in [-0.39, 0.29) is 23.9 Å². The van der Waals surface area contributed by atoms with Gasteiger partial charge in [0.15, 0.2) is 0 Å². The number of halogens is 2. The van der Waals surface area contributed by atoms with Crippen LogP contribution >= 0.6 is 27.5 Å². The first kappa shape index (κ1) is 26.1. The Morgan fingerprint density at radius 1 is 1.43 bits per heavy atom. The monoisotopic (exact) mass is 568 g/mol. The van der Waals surface area contributed by atoms with Gasteiger partial charge in [-0.1, -0.05) is 59.6 Å². The van der Waals surface area contributed by atoms with Gasteiger partial charge < -0.3 is 24.7 Å². The molecule has 7 atom stereocenters. The molecule has 3 fully saturated rings. The van der Waals surface area contributed by atoms with Crippen molar-refractivity contribution in [2.45, 2.75) is 55.8 Å². The number of carbonyl (C=O) groups is 3. The minimum atomic E-state index is -1.34. The molecule has 8 nitrogen and oxygen atoms in total. The SMILES string of the molecule is C=CCN(C(=O)[C@@H]1N([C@@H](CO)C(C)C)C(=O)[C@H]2[C@H](C(=O)O)[C@H]3O[C@@]12CC3Br)c1c(C)cccc1Cl. The molecule has 1 aromatic rings. The van der Waals surface area contributed by atoms with E-state index in [1.807, 2.05) is 26.8 Å². The van der Waals surface area contributed by atoms with E-state index in [2.05, 4.69) is 22.5 Å². The molecule has 3 saturated heterocycles. The number of benzene rings is 1. The number of likely N-dealkylation sites (tertiary alicyclic amines) is 1. The Morgan fingerprint density at radius 3 is 2.66 bits per heavy atom. The van der Waals surface area contributed by atoms with Gasteiger partial charge in [0.05, 0.1) is 41.3 Å². The van der Waals surface area contributed by atoms with Crippen LogP contribution in [0, 0.1) is 24.7 Å². The number of nitrogens with zero attached hydrogens (tertiary/aromatic N) is 2. The first-order chi connectivity index (χ1) is 16.5. The number of carboxylic acid groups (broad SMARTS) is 1. The summed E-state index contributed by atoms with van der Waals surface area (Å²) in [5, 5.41) is 20.7. The van der Waals surface area contributed by atoms with Crippen LogP contribution in [0.1, 0.15) is 25.8 Å². The Morgan fingerprint density at radius 2 is 2.11 bits per heavy atom. The molecule has 3 aliphatic rings. The smallest absolute Gasteiger partial charge is 0.310 e. The van der Waals surface area contributed by atoms with E-state index in [0.29, 0.717) is 17.1 Å². The molecule has 1 spiro atoms. The van der Waals surface area contributed by atoms with Gasteiger partial charge in [0.1, 0.15) is 11.6 Å². The van der Waals surface area contributed by atoms with Crippen molar-refractivity contribution in [3.05, 3.63) is 41.4 Å². The topological polar surface area (TPSA) is 107 Å². The lowest BCUT2D eigenvalue weighted by Crippen LogP contribution is -2.60. The number of hydrogen-bond donors (Lipinski definition) is 2. The Kier molecular flexibility index (Phi) is 7.09. The first-order valence-electron chi connectivity index (χ1n) is 11.7.